The minimum Gasteiger partial charge on any atom is -0.493 e. The molecular weight excluding hydrogens is 570 g/mol. The van der Waals surface area contributed by atoms with Crippen molar-refractivity contribution in [1.82, 2.24) is 9.69 Å². The number of methoxy groups -OCH3 is 3. The van der Waals surface area contributed by atoms with Gasteiger partial charge in [0.15, 0.2) is 17.2 Å². The Morgan fingerprint density at radius 3 is 2.16 bits per heavy atom. The molecular formula is C31H33N5O6S. The Morgan fingerprint density at radius 2 is 1.60 bits per heavy atom. The van der Waals surface area contributed by atoms with E-state index in [2.05, 4.69) is 9.69 Å². The Kier molecular flexibility index (Phi) is 9.51. The number of rotatable bonds is 11. The first-order valence-electron chi connectivity index (χ1n) is 13.2. The number of carbonyl (C=O) groups is 3. The highest BCUT2D eigenvalue weighted by Crippen LogP contribution is 2.43. The molecule has 224 valence electrons. The number of carbonyl (C=O) groups excluding carboxylic acids is 3. The molecule has 43 heavy (non-hydrogen) atoms. The third-order valence-corrected chi connectivity index (χ3v) is 7.67. The fraction of sp³-hybridized carbons (Fsp3) is 0.226. The van der Waals surface area contributed by atoms with Crippen molar-refractivity contribution in [2.24, 2.45) is 5.73 Å². The van der Waals surface area contributed by atoms with Crippen LogP contribution in [-0.4, -0.2) is 43.4 Å². The van der Waals surface area contributed by atoms with Gasteiger partial charge in [0.25, 0.3) is 11.8 Å². The summed E-state index contributed by atoms with van der Waals surface area (Å²) in [5.74, 6) is -1.11. The van der Waals surface area contributed by atoms with Gasteiger partial charge in [0.05, 0.1) is 27.0 Å². The molecule has 0 unspecified atom stereocenters. The van der Waals surface area contributed by atoms with Crippen molar-refractivity contribution in [1.29, 1.82) is 0 Å². The van der Waals surface area contributed by atoms with Crippen LogP contribution in [-0.2, 0) is 11.3 Å². The molecule has 4 aromatic rings. The Morgan fingerprint density at radius 1 is 0.953 bits per heavy atom. The molecule has 0 aliphatic rings. The Balaban J connectivity index is 1.97. The predicted octanol–water partition coefficient (Wildman–Crippen LogP) is 4.17. The zero-order valence-electron chi connectivity index (χ0n) is 24.5. The smallest absolute Gasteiger partial charge is 0.273 e. The second-order valence-corrected chi connectivity index (χ2v) is 10.4. The third-order valence-electron chi connectivity index (χ3n) is 6.82. The lowest BCUT2D eigenvalue weighted by Gasteiger charge is -2.33. The number of nitrogens with zero attached hydrogens (tertiary/aromatic N) is 2. The molecule has 1 atom stereocenters. The number of aryl methyl sites for hydroxylation is 2. The summed E-state index contributed by atoms with van der Waals surface area (Å²) < 4.78 is 20.7. The average molecular weight is 604 g/mol. The molecule has 0 bridgehead atoms. The number of anilines is 2. The molecule has 0 saturated carbocycles. The number of nitrogens with two attached hydrogens (primary N) is 2. The van der Waals surface area contributed by atoms with E-state index in [1.54, 1.807) is 18.2 Å². The highest BCUT2D eigenvalue weighted by Gasteiger charge is 2.38. The maximum atomic E-state index is 14.5. The zero-order chi connectivity index (χ0) is 31.3. The number of benzene rings is 3. The van der Waals surface area contributed by atoms with Gasteiger partial charge in [-0.05, 0) is 65.8 Å². The van der Waals surface area contributed by atoms with Crippen LogP contribution in [0.4, 0.5) is 11.4 Å². The van der Waals surface area contributed by atoms with Crippen LogP contribution in [0.15, 0.2) is 60.7 Å². The fourth-order valence-corrected chi connectivity index (χ4v) is 5.38. The molecule has 3 amide bonds. The maximum absolute atomic E-state index is 14.5. The number of aromatic nitrogens is 1. The van der Waals surface area contributed by atoms with E-state index in [4.69, 9.17) is 25.7 Å². The Hall–Kier alpha value is -5.10. The van der Waals surface area contributed by atoms with E-state index >= 15 is 0 Å². The van der Waals surface area contributed by atoms with Gasteiger partial charge in [0.2, 0.25) is 11.7 Å². The Labute approximate surface area is 253 Å². The van der Waals surface area contributed by atoms with Crippen molar-refractivity contribution in [3.8, 4) is 17.2 Å². The van der Waals surface area contributed by atoms with Crippen molar-refractivity contribution >= 4 is 40.6 Å². The summed E-state index contributed by atoms with van der Waals surface area (Å²) in [6, 6.07) is 16.9. The first-order chi connectivity index (χ1) is 20.6. The topological polar surface area (TPSA) is 159 Å². The number of amides is 3. The third kappa shape index (κ3) is 6.38. The van der Waals surface area contributed by atoms with Crippen molar-refractivity contribution < 1.29 is 28.6 Å². The van der Waals surface area contributed by atoms with Gasteiger partial charge in [-0.3, -0.25) is 19.3 Å². The summed E-state index contributed by atoms with van der Waals surface area (Å²) in [6.45, 7) is 3.90. The van der Waals surface area contributed by atoms with Crippen LogP contribution in [0.1, 0.15) is 48.5 Å². The van der Waals surface area contributed by atoms with Gasteiger partial charge in [0.1, 0.15) is 10.9 Å². The Bertz CT molecular complexity index is 1630. The van der Waals surface area contributed by atoms with Crippen molar-refractivity contribution in [2.75, 3.05) is 32.0 Å². The van der Waals surface area contributed by atoms with E-state index in [0.717, 1.165) is 22.7 Å². The van der Waals surface area contributed by atoms with E-state index in [9.17, 15) is 14.4 Å². The number of primary amides is 1. The van der Waals surface area contributed by atoms with Crippen molar-refractivity contribution in [2.45, 2.75) is 26.4 Å². The highest BCUT2D eigenvalue weighted by atomic mass is 32.1. The van der Waals surface area contributed by atoms with Crippen molar-refractivity contribution in [3.05, 3.63) is 93.5 Å². The SMILES string of the molecule is COc1cc([C@H](C(=O)NCc2ccccc2)N(C(=O)c2snc(C(N)=O)c2N)c2cc(C)ccc2C)cc(OC)c1OC. The molecule has 4 rings (SSSR count). The lowest BCUT2D eigenvalue weighted by molar-refractivity contribution is -0.122. The van der Waals surface area contributed by atoms with Gasteiger partial charge in [-0.1, -0.05) is 42.5 Å². The number of hydrogen-bond acceptors (Lipinski definition) is 9. The molecule has 3 aromatic carbocycles. The van der Waals surface area contributed by atoms with Gasteiger partial charge < -0.3 is 31.0 Å². The fourth-order valence-electron chi connectivity index (χ4n) is 4.64. The van der Waals surface area contributed by atoms with Gasteiger partial charge in [0, 0.05) is 12.2 Å². The molecule has 1 aromatic heterocycles. The van der Waals surface area contributed by atoms with Crippen LogP contribution in [0, 0.1) is 13.8 Å². The monoisotopic (exact) mass is 603 g/mol. The molecule has 1 heterocycles. The van der Waals surface area contributed by atoms with Crippen LogP contribution in [0.2, 0.25) is 0 Å². The zero-order valence-corrected chi connectivity index (χ0v) is 25.3. The summed E-state index contributed by atoms with van der Waals surface area (Å²) in [6.07, 6.45) is 0. The van der Waals surface area contributed by atoms with E-state index in [1.807, 2.05) is 56.3 Å². The number of nitrogens with one attached hydrogen (secondary N) is 1. The van der Waals surface area contributed by atoms with E-state index < -0.39 is 23.8 Å². The van der Waals surface area contributed by atoms with Gasteiger partial charge in [-0.25, -0.2) is 0 Å². The van der Waals surface area contributed by atoms with Gasteiger partial charge in [-0.2, -0.15) is 4.37 Å². The van der Waals surface area contributed by atoms with Crippen LogP contribution in [0.25, 0.3) is 0 Å². The average Bonchev–Trinajstić information content (AvgIpc) is 3.40. The summed E-state index contributed by atoms with van der Waals surface area (Å²) in [5.41, 5.74) is 14.5. The highest BCUT2D eigenvalue weighted by molar-refractivity contribution is 7.09. The second kappa shape index (κ2) is 13.3. The van der Waals surface area contributed by atoms with E-state index in [-0.39, 0.29) is 22.8 Å². The molecule has 5 N–H and O–H groups in total. The van der Waals surface area contributed by atoms with Crippen molar-refractivity contribution in [3.63, 3.8) is 0 Å². The van der Waals surface area contributed by atoms with Gasteiger partial charge in [-0.15, -0.1) is 0 Å². The first kappa shape index (κ1) is 30.8. The predicted molar refractivity (Wildman–Crippen MR) is 165 cm³/mol. The number of nitrogen functional groups attached to an aromatic ring is 1. The standard InChI is InChI=1S/C31H33N5O6S/c1-17-11-12-18(2)21(13-17)36(31(39)28-24(32)25(29(33)37)35-43-28)26(30(38)34-16-19-9-7-6-8-10-19)20-14-22(40-3)27(42-5)23(15-20)41-4/h6-15,26H,16,32H2,1-5H3,(H2,33,37)(H,34,38)/t26-/m1/s1. The minimum absolute atomic E-state index is 0.0389. The molecule has 0 fully saturated rings. The molecule has 0 aliphatic heterocycles. The molecule has 12 heteroatoms. The largest absolute Gasteiger partial charge is 0.493 e. The van der Waals surface area contributed by atoms with Crippen LogP contribution in [0.5, 0.6) is 17.2 Å². The molecule has 0 saturated heterocycles. The summed E-state index contributed by atoms with van der Waals surface area (Å²) >= 11 is 0.733. The summed E-state index contributed by atoms with van der Waals surface area (Å²) in [7, 11) is 4.39. The minimum atomic E-state index is -1.26. The van der Waals surface area contributed by atoms with Crippen LogP contribution < -0.4 is 35.9 Å². The molecule has 0 spiro atoms. The number of hydrogen-bond donors (Lipinski definition) is 3. The summed E-state index contributed by atoms with van der Waals surface area (Å²) in [5, 5.41) is 2.97. The van der Waals surface area contributed by atoms with E-state index in [0.29, 0.717) is 34.1 Å². The van der Waals surface area contributed by atoms with Crippen LogP contribution in [0.3, 0.4) is 0 Å². The second-order valence-electron chi connectivity index (χ2n) is 9.67. The number of ether oxygens (including phenoxy) is 3. The normalized spacial score (nSPS) is 11.4. The van der Waals surface area contributed by atoms with Crippen LogP contribution >= 0.6 is 11.5 Å². The molecule has 0 aliphatic carbocycles. The summed E-state index contributed by atoms with van der Waals surface area (Å²) in [4.78, 5) is 42.0. The lowest BCUT2D eigenvalue weighted by Crippen LogP contribution is -2.44. The first-order valence-corrected chi connectivity index (χ1v) is 14.0. The van der Waals surface area contributed by atoms with E-state index in [1.165, 1.54) is 26.2 Å². The maximum Gasteiger partial charge on any atom is 0.273 e. The van der Waals surface area contributed by atoms with Gasteiger partial charge >= 0.3 is 0 Å². The lowest BCUT2D eigenvalue weighted by atomic mass is 9.99. The molecule has 11 nitrogen and oxygen atoms in total. The molecule has 0 radical (unpaired) electrons. The quantitative estimate of drug-likeness (QED) is 0.230.